The molecule has 1 rings (SSSR count). The maximum Gasteiger partial charge on any atom is 0.313 e. The van der Waals surface area contributed by atoms with Crippen LogP contribution in [0.1, 0.15) is 57.4 Å². The van der Waals surface area contributed by atoms with Crippen molar-refractivity contribution in [2.24, 2.45) is 0 Å². The molecule has 1 atom stereocenters. The van der Waals surface area contributed by atoms with Gasteiger partial charge in [0.05, 0.1) is 12.5 Å². The number of carbonyl (C=O) groups is 2. The van der Waals surface area contributed by atoms with E-state index in [0.717, 1.165) is 37.0 Å². The van der Waals surface area contributed by atoms with Crippen molar-refractivity contribution < 1.29 is 14.3 Å². The minimum Gasteiger partial charge on any atom is -0.466 e. The van der Waals surface area contributed by atoms with Crippen molar-refractivity contribution in [3.8, 4) is 0 Å². The Bertz CT molecular complexity index is 445. The Morgan fingerprint density at radius 1 is 1.09 bits per heavy atom. The van der Waals surface area contributed by atoms with Crippen LogP contribution in [0.15, 0.2) is 30.3 Å². The molecule has 0 aliphatic rings. The first-order valence-corrected chi connectivity index (χ1v) is 9.04. The molecule has 0 radical (unpaired) electrons. The van der Waals surface area contributed by atoms with Crippen LogP contribution in [0.25, 0.3) is 0 Å². The first-order valence-electron chi connectivity index (χ1n) is 8.06. The average Bonchev–Trinajstić information content (AvgIpc) is 2.52. The number of benzene rings is 1. The van der Waals surface area contributed by atoms with Gasteiger partial charge in [0.1, 0.15) is 0 Å². The van der Waals surface area contributed by atoms with E-state index in [1.165, 1.54) is 11.8 Å². The largest absolute Gasteiger partial charge is 0.466 e. The van der Waals surface area contributed by atoms with Crippen LogP contribution in [0, 0.1) is 0 Å². The molecule has 0 N–H and O–H groups in total. The standard InChI is InChI=1S/C18H26O3S/c1-3-21-18(20)16(15-11-7-5-8-12-15)13-9-6-10-14-17(19)22-4-2/h5,7-8,11-12,16H,3-4,6,9-10,13-14H2,1-2H3. The Kier molecular flexibility index (Phi) is 9.64. The van der Waals surface area contributed by atoms with Crippen molar-refractivity contribution >= 4 is 22.8 Å². The lowest BCUT2D eigenvalue weighted by Crippen LogP contribution is -2.16. The highest BCUT2D eigenvalue weighted by Gasteiger charge is 2.21. The van der Waals surface area contributed by atoms with E-state index >= 15 is 0 Å². The van der Waals surface area contributed by atoms with Gasteiger partial charge < -0.3 is 4.74 Å². The Morgan fingerprint density at radius 3 is 2.45 bits per heavy atom. The summed E-state index contributed by atoms with van der Waals surface area (Å²) in [6, 6.07) is 9.79. The fraction of sp³-hybridized carbons (Fsp3) is 0.556. The van der Waals surface area contributed by atoms with Crippen LogP contribution in [0.3, 0.4) is 0 Å². The second-order valence-electron chi connectivity index (χ2n) is 5.12. The molecule has 1 aromatic rings. The van der Waals surface area contributed by atoms with Crippen LogP contribution < -0.4 is 0 Å². The molecule has 1 unspecified atom stereocenters. The number of unbranched alkanes of at least 4 members (excludes halogenated alkanes) is 2. The molecular formula is C18H26O3S. The molecule has 0 aliphatic heterocycles. The molecule has 0 bridgehead atoms. The summed E-state index contributed by atoms with van der Waals surface area (Å²) in [5.41, 5.74) is 1.01. The molecule has 0 aliphatic carbocycles. The first kappa shape index (κ1) is 18.8. The van der Waals surface area contributed by atoms with E-state index < -0.39 is 0 Å². The van der Waals surface area contributed by atoms with E-state index in [1.54, 1.807) is 0 Å². The maximum absolute atomic E-state index is 12.1. The summed E-state index contributed by atoms with van der Waals surface area (Å²) in [6.07, 6.45) is 4.21. The lowest BCUT2D eigenvalue weighted by atomic mass is 9.93. The van der Waals surface area contributed by atoms with Gasteiger partial charge >= 0.3 is 5.97 Å². The van der Waals surface area contributed by atoms with E-state index in [9.17, 15) is 9.59 Å². The van der Waals surface area contributed by atoms with Crippen molar-refractivity contribution in [3.63, 3.8) is 0 Å². The molecule has 0 spiro atoms. The van der Waals surface area contributed by atoms with Crippen molar-refractivity contribution in [2.75, 3.05) is 12.4 Å². The Morgan fingerprint density at radius 2 is 1.82 bits per heavy atom. The SMILES string of the molecule is CCOC(=O)C(CCCCCC(=O)SCC)c1ccccc1. The summed E-state index contributed by atoms with van der Waals surface area (Å²) in [4.78, 5) is 23.6. The lowest BCUT2D eigenvalue weighted by Gasteiger charge is -2.15. The number of rotatable bonds is 10. The summed E-state index contributed by atoms with van der Waals surface area (Å²) in [7, 11) is 0. The predicted octanol–water partition coefficient (Wildman–Crippen LogP) is 4.56. The van der Waals surface area contributed by atoms with Crippen molar-refractivity contribution in [3.05, 3.63) is 35.9 Å². The zero-order chi connectivity index (χ0) is 16.2. The van der Waals surface area contributed by atoms with E-state index in [2.05, 4.69) is 0 Å². The molecule has 0 aromatic heterocycles. The highest BCUT2D eigenvalue weighted by Crippen LogP contribution is 2.24. The smallest absolute Gasteiger partial charge is 0.313 e. The van der Waals surface area contributed by atoms with Crippen LogP contribution >= 0.6 is 11.8 Å². The first-order chi connectivity index (χ1) is 10.7. The van der Waals surface area contributed by atoms with Gasteiger partial charge in [0.15, 0.2) is 5.12 Å². The number of carbonyl (C=O) groups excluding carboxylic acids is 2. The van der Waals surface area contributed by atoms with Gasteiger partial charge in [-0.15, -0.1) is 0 Å². The predicted molar refractivity (Wildman–Crippen MR) is 92.0 cm³/mol. The van der Waals surface area contributed by atoms with Crippen molar-refractivity contribution in [1.29, 1.82) is 0 Å². The monoisotopic (exact) mass is 322 g/mol. The molecule has 122 valence electrons. The zero-order valence-corrected chi connectivity index (χ0v) is 14.4. The third-order valence-electron chi connectivity index (χ3n) is 3.45. The Hall–Kier alpha value is -1.29. The van der Waals surface area contributed by atoms with Crippen LogP contribution in [0.4, 0.5) is 0 Å². The normalized spacial score (nSPS) is 11.9. The fourth-order valence-electron chi connectivity index (χ4n) is 2.38. The molecule has 22 heavy (non-hydrogen) atoms. The molecular weight excluding hydrogens is 296 g/mol. The van der Waals surface area contributed by atoms with Gasteiger partial charge in [0.2, 0.25) is 0 Å². The Balaban J connectivity index is 2.42. The van der Waals surface area contributed by atoms with Crippen LogP contribution in [-0.2, 0) is 14.3 Å². The third kappa shape index (κ3) is 7.12. The molecule has 3 nitrogen and oxygen atoms in total. The molecule has 0 saturated carbocycles. The lowest BCUT2D eigenvalue weighted by molar-refractivity contribution is -0.145. The van der Waals surface area contributed by atoms with Crippen LogP contribution in [0.5, 0.6) is 0 Å². The van der Waals surface area contributed by atoms with E-state index in [0.29, 0.717) is 13.0 Å². The van der Waals surface area contributed by atoms with Gasteiger partial charge in [-0.25, -0.2) is 0 Å². The number of thioether (sulfide) groups is 1. The number of esters is 1. The highest BCUT2D eigenvalue weighted by atomic mass is 32.2. The minimum atomic E-state index is -0.193. The van der Waals surface area contributed by atoms with Gasteiger partial charge in [-0.1, -0.05) is 61.9 Å². The number of ether oxygens (including phenoxy) is 1. The highest BCUT2D eigenvalue weighted by molar-refractivity contribution is 8.13. The van der Waals surface area contributed by atoms with E-state index in [4.69, 9.17) is 4.74 Å². The van der Waals surface area contributed by atoms with Crippen LogP contribution in [-0.4, -0.2) is 23.4 Å². The van der Waals surface area contributed by atoms with Crippen LogP contribution in [0.2, 0.25) is 0 Å². The molecule has 1 aromatic carbocycles. The molecule has 0 fully saturated rings. The second-order valence-corrected chi connectivity index (χ2v) is 6.44. The van der Waals surface area contributed by atoms with Gasteiger partial charge in [-0.2, -0.15) is 0 Å². The van der Waals surface area contributed by atoms with Gasteiger partial charge in [-0.05, 0) is 31.1 Å². The Labute approximate surface area is 137 Å². The molecule has 0 heterocycles. The van der Waals surface area contributed by atoms with Gasteiger partial charge in [0.25, 0.3) is 0 Å². The topological polar surface area (TPSA) is 43.4 Å². The summed E-state index contributed by atoms with van der Waals surface area (Å²) in [6.45, 7) is 4.23. The maximum atomic E-state index is 12.1. The summed E-state index contributed by atoms with van der Waals surface area (Å²) >= 11 is 1.39. The van der Waals surface area contributed by atoms with E-state index in [-0.39, 0.29) is 17.0 Å². The van der Waals surface area contributed by atoms with Gasteiger partial charge in [-0.3, -0.25) is 9.59 Å². The number of hydrogen-bond donors (Lipinski definition) is 0. The molecule has 4 heteroatoms. The van der Waals surface area contributed by atoms with Gasteiger partial charge in [0, 0.05) is 6.42 Å². The van der Waals surface area contributed by atoms with Crippen molar-refractivity contribution in [2.45, 2.75) is 51.9 Å². The summed E-state index contributed by atoms with van der Waals surface area (Å²) in [5, 5.41) is 0.271. The van der Waals surface area contributed by atoms with Crippen molar-refractivity contribution in [1.82, 2.24) is 0 Å². The molecule has 0 amide bonds. The average molecular weight is 322 g/mol. The second kappa shape index (κ2) is 11.3. The minimum absolute atomic E-state index is 0.147. The zero-order valence-electron chi connectivity index (χ0n) is 13.5. The summed E-state index contributed by atoms with van der Waals surface area (Å²) in [5.74, 6) is 0.505. The van der Waals surface area contributed by atoms with E-state index in [1.807, 2.05) is 44.2 Å². The summed E-state index contributed by atoms with van der Waals surface area (Å²) < 4.78 is 5.19. The molecule has 0 saturated heterocycles. The quantitative estimate of drug-likeness (QED) is 0.468. The number of hydrogen-bond acceptors (Lipinski definition) is 4. The fourth-order valence-corrected chi connectivity index (χ4v) is 2.99. The third-order valence-corrected chi connectivity index (χ3v) is 4.27.